The molecule has 0 bridgehead atoms. The molecule has 8 nitrogen and oxygen atoms in total. The van der Waals surface area contributed by atoms with Gasteiger partial charge in [0.15, 0.2) is 23.1 Å². The van der Waals surface area contributed by atoms with Crippen LogP contribution in [0.4, 0.5) is 8.78 Å². The topological polar surface area (TPSA) is 105 Å². The molecule has 0 saturated heterocycles. The van der Waals surface area contributed by atoms with Gasteiger partial charge in [-0.3, -0.25) is 0 Å². The van der Waals surface area contributed by atoms with Crippen LogP contribution in [0.25, 0.3) is 10.8 Å². The predicted molar refractivity (Wildman–Crippen MR) is 299 cm³/mol. The Balaban J connectivity index is 0.905. The Hall–Kier alpha value is -6.68. The van der Waals surface area contributed by atoms with Crippen LogP contribution in [0.3, 0.4) is 0 Å². The van der Waals surface area contributed by atoms with Crippen molar-refractivity contribution in [3.63, 3.8) is 0 Å². The van der Waals surface area contributed by atoms with E-state index in [1.807, 2.05) is 24.3 Å². The van der Waals surface area contributed by atoms with Crippen LogP contribution in [-0.2, 0) is 12.8 Å². The maximum atomic E-state index is 15.2. The van der Waals surface area contributed by atoms with E-state index in [0.717, 1.165) is 54.3 Å². The van der Waals surface area contributed by atoms with E-state index in [1.54, 1.807) is 60.7 Å². The van der Waals surface area contributed by atoms with Crippen LogP contribution in [0.2, 0.25) is 0 Å². The van der Waals surface area contributed by atoms with Crippen LogP contribution in [0.1, 0.15) is 221 Å². The number of aryl methyl sites for hydroxylation is 2. The van der Waals surface area contributed by atoms with Crippen LogP contribution in [0.5, 0.6) is 23.0 Å². The highest BCUT2D eigenvalue weighted by molar-refractivity contribution is 5.95. The Morgan fingerprint density at radius 3 is 0.947 bits per heavy atom. The van der Waals surface area contributed by atoms with Gasteiger partial charge in [-0.05, 0) is 133 Å². The van der Waals surface area contributed by atoms with Gasteiger partial charge >= 0.3 is 23.9 Å². The fraction of sp³-hybridized carbons (Fsp3) is 0.424. The molecule has 0 saturated carbocycles. The van der Waals surface area contributed by atoms with E-state index in [9.17, 15) is 19.2 Å². The number of rotatable bonds is 34. The number of hydrogen-bond donors (Lipinski definition) is 0. The van der Waals surface area contributed by atoms with Crippen molar-refractivity contribution < 1.29 is 46.9 Å². The molecule has 0 spiro atoms. The van der Waals surface area contributed by atoms with Crippen molar-refractivity contribution >= 4 is 34.6 Å². The van der Waals surface area contributed by atoms with Gasteiger partial charge in [0, 0.05) is 0 Å². The highest BCUT2D eigenvalue weighted by Gasteiger charge is 2.19. The summed E-state index contributed by atoms with van der Waals surface area (Å²) in [5.74, 6) is -5.33. The van der Waals surface area contributed by atoms with Gasteiger partial charge < -0.3 is 18.9 Å². The van der Waals surface area contributed by atoms with E-state index in [4.69, 9.17) is 18.9 Å². The van der Waals surface area contributed by atoms with E-state index in [1.165, 1.54) is 166 Å². The molecule has 0 amide bonds. The number of unbranched alkanes of at least 4 members (excludes halogenated alkanes) is 22. The van der Waals surface area contributed by atoms with Gasteiger partial charge in [0.05, 0.1) is 22.3 Å². The quantitative estimate of drug-likeness (QED) is 0.0224. The summed E-state index contributed by atoms with van der Waals surface area (Å²) >= 11 is 0. The van der Waals surface area contributed by atoms with Gasteiger partial charge in [-0.15, -0.1) is 0 Å². The molecule has 404 valence electrons. The number of carbonyl (C=O) groups excluding carboxylic acids is 4. The van der Waals surface area contributed by atoms with E-state index in [0.29, 0.717) is 5.39 Å². The highest BCUT2D eigenvalue weighted by atomic mass is 19.1. The highest BCUT2D eigenvalue weighted by Crippen LogP contribution is 2.29. The number of esters is 4. The maximum Gasteiger partial charge on any atom is 0.343 e. The predicted octanol–water partition coefficient (Wildman–Crippen LogP) is 18.5. The normalized spacial score (nSPS) is 11.2. The van der Waals surface area contributed by atoms with E-state index < -0.39 is 35.5 Å². The summed E-state index contributed by atoms with van der Waals surface area (Å²) in [6.45, 7) is 4.50. The van der Waals surface area contributed by atoms with Crippen molar-refractivity contribution in [2.24, 2.45) is 0 Å². The lowest BCUT2D eigenvalue weighted by Crippen LogP contribution is -2.12. The molecule has 10 heteroatoms. The summed E-state index contributed by atoms with van der Waals surface area (Å²) in [6.07, 6.45) is 32.8. The second-order valence-electron chi connectivity index (χ2n) is 20.2. The van der Waals surface area contributed by atoms with Crippen molar-refractivity contribution in [1.82, 2.24) is 0 Å². The summed E-state index contributed by atoms with van der Waals surface area (Å²) in [7, 11) is 0. The number of benzene rings is 6. The number of halogens is 2. The fourth-order valence-electron chi connectivity index (χ4n) is 9.36. The minimum absolute atomic E-state index is 0.107. The van der Waals surface area contributed by atoms with Crippen LogP contribution in [-0.4, -0.2) is 23.9 Å². The van der Waals surface area contributed by atoms with Crippen LogP contribution >= 0.6 is 0 Å². The van der Waals surface area contributed by atoms with Crippen LogP contribution < -0.4 is 18.9 Å². The first-order valence-corrected chi connectivity index (χ1v) is 28.3. The molecule has 0 atom stereocenters. The van der Waals surface area contributed by atoms with Gasteiger partial charge in [-0.1, -0.05) is 192 Å². The van der Waals surface area contributed by atoms with Crippen molar-refractivity contribution in [1.29, 1.82) is 0 Å². The van der Waals surface area contributed by atoms with Gasteiger partial charge in [0.25, 0.3) is 0 Å². The summed E-state index contributed by atoms with van der Waals surface area (Å²) in [5.41, 5.74) is 2.61. The summed E-state index contributed by atoms with van der Waals surface area (Å²) in [5, 5.41) is 1.28. The minimum Gasteiger partial charge on any atom is -0.423 e. The molecule has 6 rings (SSSR count). The average molecular weight is 1040 g/mol. The summed E-state index contributed by atoms with van der Waals surface area (Å²) in [4.78, 5) is 52.1. The molecular formula is C66H78F2O8. The smallest absolute Gasteiger partial charge is 0.343 e. The molecule has 0 aliphatic heterocycles. The number of fused-ring (bicyclic) bond motifs is 1. The Morgan fingerprint density at radius 2 is 0.618 bits per heavy atom. The molecule has 0 radical (unpaired) electrons. The lowest BCUT2D eigenvalue weighted by atomic mass is 10.0. The molecule has 0 aliphatic rings. The first-order valence-electron chi connectivity index (χ1n) is 28.3. The van der Waals surface area contributed by atoms with Gasteiger partial charge in [-0.2, -0.15) is 0 Å². The summed E-state index contributed by atoms with van der Waals surface area (Å²) in [6, 6.07) is 30.9. The van der Waals surface area contributed by atoms with E-state index in [2.05, 4.69) is 13.8 Å². The molecule has 6 aromatic carbocycles. The first kappa shape index (κ1) is 58.6. The van der Waals surface area contributed by atoms with Crippen LogP contribution in [0, 0.1) is 11.6 Å². The molecule has 6 aromatic rings. The zero-order valence-corrected chi connectivity index (χ0v) is 45.0. The molecule has 0 heterocycles. The molecular weight excluding hydrogens is 959 g/mol. The third kappa shape index (κ3) is 20.1. The van der Waals surface area contributed by atoms with Crippen molar-refractivity contribution in [2.75, 3.05) is 0 Å². The molecule has 0 unspecified atom stereocenters. The third-order valence-electron chi connectivity index (χ3n) is 14.0. The Bertz CT molecular complexity index is 2560. The van der Waals surface area contributed by atoms with Crippen molar-refractivity contribution in [3.05, 3.63) is 166 Å². The van der Waals surface area contributed by atoms with Gasteiger partial charge in [-0.25, -0.2) is 28.0 Å². The molecule has 0 N–H and O–H groups in total. The first-order chi connectivity index (χ1) is 37.1. The van der Waals surface area contributed by atoms with E-state index in [-0.39, 0.29) is 45.3 Å². The van der Waals surface area contributed by atoms with Crippen molar-refractivity contribution in [3.8, 4) is 23.0 Å². The minimum atomic E-state index is -0.910. The van der Waals surface area contributed by atoms with Gasteiger partial charge in [0.1, 0.15) is 11.5 Å². The monoisotopic (exact) mass is 1040 g/mol. The van der Waals surface area contributed by atoms with E-state index >= 15 is 8.78 Å². The molecule has 0 fully saturated rings. The Morgan fingerprint density at radius 1 is 0.316 bits per heavy atom. The Labute approximate surface area is 449 Å². The fourth-order valence-corrected chi connectivity index (χ4v) is 9.36. The largest absolute Gasteiger partial charge is 0.423 e. The van der Waals surface area contributed by atoms with Crippen LogP contribution in [0.15, 0.2) is 121 Å². The number of hydrogen-bond acceptors (Lipinski definition) is 8. The third-order valence-corrected chi connectivity index (χ3v) is 14.0. The van der Waals surface area contributed by atoms with Crippen molar-refractivity contribution in [2.45, 2.75) is 181 Å². The maximum absolute atomic E-state index is 15.2. The standard InChI is InChI=1S/C66H78F2O8/c1-3-5-7-9-11-13-15-17-19-21-23-25-27-49-29-33-52(34-30-49)63(69)75-61-43-39-54(47-59(61)67)65(71)73-57-41-37-51-38-42-58(46-56(51)45-57)74-66(72)55-40-44-62(60(68)48-55)76-64(70)53-35-31-50(32-36-53)28-26-24-22-20-18-16-14-12-10-8-6-4-2/h29-48H,3-28H2,1-2H3. The molecule has 76 heavy (non-hydrogen) atoms. The number of ether oxygens (including phenoxy) is 4. The second kappa shape index (κ2) is 32.7. The lowest BCUT2D eigenvalue weighted by Gasteiger charge is -2.10. The zero-order valence-electron chi connectivity index (χ0n) is 45.0. The number of carbonyl (C=O) groups is 4. The Kier molecular flexibility index (Phi) is 25.2. The molecule has 0 aliphatic carbocycles. The zero-order chi connectivity index (χ0) is 53.7. The van der Waals surface area contributed by atoms with Gasteiger partial charge in [0.2, 0.25) is 0 Å². The lowest BCUT2D eigenvalue weighted by molar-refractivity contribution is 0.0714. The summed E-state index contributed by atoms with van der Waals surface area (Å²) < 4.78 is 52.2. The average Bonchev–Trinajstić information content (AvgIpc) is 3.43. The SMILES string of the molecule is CCCCCCCCCCCCCCc1ccc(C(=O)Oc2ccc(C(=O)Oc3ccc4ccc(OC(=O)c5ccc(OC(=O)c6ccc(CCCCCCCCCCCCCC)cc6)c(F)c5)cc4c3)cc2F)cc1. The molecule has 0 aromatic heterocycles. The second-order valence-corrected chi connectivity index (χ2v) is 20.2.